The summed E-state index contributed by atoms with van der Waals surface area (Å²) in [6, 6.07) is 21.2. The number of aliphatic hydroxyl groups is 4. The molecule has 13 N–H and O–H groups in total. The van der Waals surface area contributed by atoms with Crippen molar-refractivity contribution in [3.8, 4) is 0 Å². The van der Waals surface area contributed by atoms with E-state index in [1.54, 1.807) is 61.5 Å². The number of ketones is 3. The van der Waals surface area contributed by atoms with Gasteiger partial charge in [0.2, 0.25) is 11.7 Å². The van der Waals surface area contributed by atoms with Crippen molar-refractivity contribution in [1.29, 1.82) is 0 Å². The number of carbonyl (C=O) groups excluding carboxylic acids is 4. The first-order chi connectivity index (χ1) is 29.6. The van der Waals surface area contributed by atoms with E-state index in [2.05, 4.69) is 4.99 Å². The molecule has 3 saturated carbocycles. The first kappa shape index (κ1) is 67.3. The van der Waals surface area contributed by atoms with Gasteiger partial charge >= 0.3 is 63.3 Å². The molecule has 3 aromatic rings. The van der Waals surface area contributed by atoms with Crippen molar-refractivity contribution in [2.45, 2.75) is 147 Å². The fourth-order valence-corrected chi connectivity index (χ4v) is 8.63. The summed E-state index contributed by atoms with van der Waals surface area (Å²) < 4.78 is 10.6. The van der Waals surface area contributed by atoms with Crippen molar-refractivity contribution in [2.75, 3.05) is 0 Å². The van der Waals surface area contributed by atoms with E-state index in [0.717, 1.165) is 12.8 Å². The van der Waals surface area contributed by atoms with E-state index in [1.807, 2.05) is 18.2 Å². The van der Waals surface area contributed by atoms with Gasteiger partial charge in [0.1, 0.15) is 35.5 Å². The third kappa shape index (κ3) is 15.9. The molecule has 4 aliphatic rings. The first-order valence-corrected chi connectivity index (χ1v) is 21.6. The summed E-state index contributed by atoms with van der Waals surface area (Å²) in [7, 11) is 0. The predicted molar refractivity (Wildman–Crippen MR) is 258 cm³/mol. The summed E-state index contributed by atoms with van der Waals surface area (Å²) in [4.78, 5) is 62.6. The molecular weight excluding hydrogens is 974 g/mol. The minimum atomic E-state index is -1.27. The molecule has 374 valence electrons. The normalized spacial score (nSPS) is 25.7. The number of benzene rings is 3. The van der Waals surface area contributed by atoms with Crippen LogP contribution in [0.1, 0.15) is 110 Å². The molecule has 0 saturated heterocycles. The quantitative estimate of drug-likeness (QED) is 0.132. The Labute approximate surface area is 455 Å². The monoisotopic (exact) mass is 1040 g/mol. The van der Waals surface area contributed by atoms with E-state index in [9.17, 15) is 39.3 Å². The van der Waals surface area contributed by atoms with Gasteiger partial charge in [-0.1, -0.05) is 104 Å². The van der Waals surface area contributed by atoms with E-state index in [-0.39, 0.29) is 101 Å². The van der Waals surface area contributed by atoms with Crippen LogP contribution in [0.3, 0.4) is 0 Å². The molecule has 3 aromatic carbocycles. The van der Waals surface area contributed by atoms with Crippen molar-refractivity contribution >= 4 is 70.0 Å². The van der Waals surface area contributed by atoms with Gasteiger partial charge < -0.3 is 58.1 Å². The van der Waals surface area contributed by atoms with E-state index in [1.165, 1.54) is 13.8 Å². The molecule has 7 rings (SSSR count). The number of halogens is 3. The van der Waals surface area contributed by atoms with Crippen LogP contribution in [0.4, 0.5) is 0 Å². The molecule has 1 aliphatic heterocycles. The molecule has 9 atom stereocenters. The van der Waals surface area contributed by atoms with Crippen molar-refractivity contribution in [3.63, 3.8) is 0 Å². The number of ether oxygens (including phenoxy) is 2. The molecule has 68 heavy (non-hydrogen) atoms. The number of hydrogen-bond acceptors (Lipinski definition) is 14. The van der Waals surface area contributed by atoms with Gasteiger partial charge in [-0.3, -0.25) is 14.4 Å². The largest absolute Gasteiger partial charge is 1.00 e. The van der Waals surface area contributed by atoms with Gasteiger partial charge in [-0.05, 0) is 108 Å². The number of carboxylic acid groups (broad SMARTS) is 1. The number of esters is 1. The Kier molecular flexibility index (Phi) is 29.3. The van der Waals surface area contributed by atoms with E-state index < -0.39 is 65.2 Å². The summed E-state index contributed by atoms with van der Waals surface area (Å²) in [6.07, 6.45) is -0.420. The van der Waals surface area contributed by atoms with Gasteiger partial charge in [0.25, 0.3) is 0 Å². The topological polar surface area (TPSA) is 334 Å². The predicted octanol–water partition coefficient (Wildman–Crippen LogP) is 3.23. The summed E-state index contributed by atoms with van der Waals surface area (Å²) >= 11 is 18.4. The van der Waals surface area contributed by atoms with Crippen LogP contribution in [-0.2, 0) is 50.1 Å². The molecule has 21 heteroatoms. The van der Waals surface area contributed by atoms with Crippen molar-refractivity contribution in [2.24, 2.45) is 16.5 Å². The molecule has 17 nitrogen and oxygen atoms in total. The first-order valence-electron chi connectivity index (χ1n) is 20.5. The molecule has 2 bridgehead atoms. The van der Waals surface area contributed by atoms with Crippen LogP contribution in [0.2, 0.25) is 15.1 Å². The van der Waals surface area contributed by atoms with E-state index in [4.69, 9.17) is 66.0 Å². The maximum atomic E-state index is 12.7. The second-order valence-electron chi connectivity index (χ2n) is 15.9. The Balaban J connectivity index is 0. The Bertz CT molecular complexity index is 2180. The van der Waals surface area contributed by atoms with Crippen LogP contribution in [0.25, 0.3) is 6.15 Å². The third-order valence-electron chi connectivity index (χ3n) is 11.2. The number of fused-ring (bicyclic) bond motifs is 2. The maximum Gasteiger partial charge on any atom is 1.00 e. The van der Waals surface area contributed by atoms with Gasteiger partial charge in [0.05, 0.1) is 0 Å². The van der Waals surface area contributed by atoms with Crippen LogP contribution in [0.15, 0.2) is 77.8 Å². The standard InChI is InChI=1S/C15H18ClNO4.C15H16ClNO3.C12H14ClNO2.C3H6O3.2CH4.K.H2N.H2O/c1-9(18)14(20)21-12-7-4-8-15(17,13(12)19)10-5-2-3-6-11(10)16;1-9(18)14-17-15(10-5-2-3-6-11(10)16)8-4-7-12(20-14)13(15)19;13-9-5-2-1-4-8(9)12(14)7-3-6-10(15)11(12)16;1-2(4)3(5)6;;;;;/h2-3,5-6,9,12,18H,4,7-8,17H2,1H3;2-3,5-6,9,12,18H,4,7-8H2,1H3;1-2,4-5,10,15H,3,6-7,14H2;2,4H,1H3,(H,5,6);2*1H4;;2*1H2/q;;;;;;+1;-1;. The van der Waals surface area contributed by atoms with Crippen LogP contribution >= 0.6 is 34.8 Å². The van der Waals surface area contributed by atoms with Crippen LogP contribution in [0, 0.1) is 0 Å². The zero-order chi connectivity index (χ0) is 46.9. The molecule has 0 radical (unpaired) electrons. The number of aliphatic hydroxyl groups excluding tert-OH is 4. The number of carbonyl (C=O) groups is 5. The Morgan fingerprint density at radius 2 is 1.12 bits per heavy atom. The number of rotatable bonds is 7. The van der Waals surface area contributed by atoms with Gasteiger partial charge in [0.15, 0.2) is 29.3 Å². The fourth-order valence-electron chi connectivity index (χ4n) is 7.73. The maximum absolute atomic E-state index is 12.7. The smallest absolute Gasteiger partial charge is 0.693 e. The van der Waals surface area contributed by atoms with Crippen LogP contribution < -0.4 is 62.9 Å². The third-order valence-corrected chi connectivity index (χ3v) is 12.2. The van der Waals surface area contributed by atoms with E-state index >= 15 is 0 Å². The SMILES string of the molecule is C.C.CC(O)C(=O)O.CC(O)C(=O)OC1CCCC(N)(c2ccccc2Cl)C1=O.CC(O)C1=NC2(c3ccccc3Cl)CCCC(O1)C2=O.NC1(c2ccccc2Cl)CCCC(O)C1=O.O.[K+].[NH2-]. The molecule has 3 fully saturated rings. The molecular formula is C47H66Cl3KN4O13. The minimum absolute atomic E-state index is 0. The van der Waals surface area contributed by atoms with Gasteiger partial charge in [-0.2, -0.15) is 0 Å². The molecule has 0 amide bonds. The van der Waals surface area contributed by atoms with Gasteiger partial charge in [-0.15, -0.1) is 0 Å². The van der Waals surface area contributed by atoms with Gasteiger partial charge in [-0.25, -0.2) is 14.6 Å². The average Bonchev–Trinajstić information content (AvgIpc) is 3.23. The Hall–Kier alpha value is -2.73. The number of carboxylic acids is 1. The average molecular weight is 1040 g/mol. The Morgan fingerprint density at radius 3 is 1.54 bits per heavy atom. The number of nitrogens with two attached hydrogens (primary N) is 3. The summed E-state index contributed by atoms with van der Waals surface area (Å²) in [5.74, 6) is -2.54. The number of aliphatic imine (C=N–C) groups is 1. The van der Waals surface area contributed by atoms with Crippen molar-refractivity contribution in [1.82, 2.24) is 0 Å². The zero-order valence-electron chi connectivity index (χ0n) is 37.2. The van der Waals surface area contributed by atoms with Crippen molar-refractivity contribution < 1.29 is 116 Å². The van der Waals surface area contributed by atoms with Crippen molar-refractivity contribution in [3.05, 3.63) is 111 Å². The molecule has 0 aromatic heterocycles. The second-order valence-corrected chi connectivity index (χ2v) is 17.1. The number of Topliss-reactive ketones (excluding diaryl/α,β-unsaturated/α-hetero) is 3. The zero-order valence-corrected chi connectivity index (χ0v) is 42.6. The number of hydrogen-bond donors (Lipinski definition) is 7. The Morgan fingerprint density at radius 1 is 0.706 bits per heavy atom. The minimum Gasteiger partial charge on any atom is -0.693 e. The van der Waals surface area contributed by atoms with Gasteiger partial charge in [0, 0.05) is 20.6 Å². The number of aliphatic carboxylic acids is 1. The summed E-state index contributed by atoms with van der Waals surface area (Å²) in [5, 5.41) is 45.7. The van der Waals surface area contributed by atoms with E-state index in [0.29, 0.717) is 76.7 Å². The van der Waals surface area contributed by atoms with Crippen LogP contribution in [0.5, 0.6) is 0 Å². The fraction of sp³-hybridized carbons (Fsp3) is 0.489. The second kappa shape index (κ2) is 29.6. The summed E-state index contributed by atoms with van der Waals surface area (Å²) in [6.45, 7) is 4.08. The van der Waals surface area contributed by atoms with Crippen LogP contribution in [-0.4, -0.2) is 103 Å². The molecule has 3 aliphatic carbocycles. The molecule has 0 spiro atoms. The summed E-state index contributed by atoms with van der Waals surface area (Å²) in [5.41, 5.74) is 10.9. The molecule has 1 heterocycles. The number of nitrogens with zero attached hydrogens (tertiary/aromatic N) is 1. The molecule has 9 unspecified atom stereocenters.